The highest BCUT2D eigenvalue weighted by Crippen LogP contribution is 2.39. The average Bonchev–Trinajstić information content (AvgIpc) is 3.17. The first-order valence-electron chi connectivity index (χ1n) is 8.81. The van der Waals surface area contributed by atoms with Gasteiger partial charge in [-0.3, -0.25) is 4.79 Å². The molecule has 6 nitrogen and oxygen atoms in total. The Bertz CT molecular complexity index is 751. The topological polar surface area (TPSA) is 63.1 Å². The SMILES string of the molecule is Cl.O=C(c1ccc(-n2cncn2)c(F)c1)N1CCC2(CCNCC2)CC1. The van der Waals surface area contributed by atoms with Crippen LogP contribution in [0.15, 0.2) is 30.9 Å². The van der Waals surface area contributed by atoms with E-state index in [9.17, 15) is 9.18 Å². The summed E-state index contributed by atoms with van der Waals surface area (Å²) in [5, 5.41) is 7.33. The molecule has 1 amide bonds. The molecule has 2 aliphatic heterocycles. The number of hydrogen-bond acceptors (Lipinski definition) is 4. The lowest BCUT2D eigenvalue weighted by molar-refractivity contribution is 0.0495. The second kappa shape index (κ2) is 7.72. The van der Waals surface area contributed by atoms with Crippen LogP contribution in [-0.2, 0) is 0 Å². The number of carbonyl (C=O) groups is 1. The van der Waals surface area contributed by atoms with Crippen molar-refractivity contribution in [1.82, 2.24) is 25.0 Å². The van der Waals surface area contributed by atoms with E-state index in [0.29, 0.717) is 16.7 Å². The van der Waals surface area contributed by atoms with Crippen molar-refractivity contribution in [2.75, 3.05) is 26.2 Å². The minimum absolute atomic E-state index is 0. The Morgan fingerprint density at radius 2 is 1.88 bits per heavy atom. The number of amides is 1. The van der Waals surface area contributed by atoms with Crippen molar-refractivity contribution in [2.45, 2.75) is 25.7 Å². The molecule has 2 aromatic rings. The van der Waals surface area contributed by atoms with E-state index >= 15 is 0 Å². The molecule has 0 aliphatic carbocycles. The lowest BCUT2D eigenvalue weighted by Gasteiger charge is -2.44. The minimum Gasteiger partial charge on any atom is -0.339 e. The molecule has 2 fully saturated rings. The summed E-state index contributed by atoms with van der Waals surface area (Å²) in [6.45, 7) is 3.66. The summed E-state index contributed by atoms with van der Waals surface area (Å²) >= 11 is 0. The fourth-order valence-corrected chi connectivity index (χ4v) is 3.98. The summed E-state index contributed by atoms with van der Waals surface area (Å²) in [5.41, 5.74) is 1.08. The van der Waals surface area contributed by atoms with Crippen LogP contribution < -0.4 is 5.32 Å². The second-order valence-electron chi connectivity index (χ2n) is 7.05. The van der Waals surface area contributed by atoms with Crippen LogP contribution in [0, 0.1) is 11.2 Å². The fraction of sp³-hybridized carbons (Fsp3) is 0.500. The molecule has 0 saturated carbocycles. The van der Waals surface area contributed by atoms with Crippen molar-refractivity contribution >= 4 is 18.3 Å². The van der Waals surface area contributed by atoms with Gasteiger partial charge in [0.1, 0.15) is 24.2 Å². The minimum atomic E-state index is -0.469. The molecule has 1 aromatic carbocycles. The number of rotatable bonds is 2. The maximum absolute atomic E-state index is 14.4. The number of piperidine rings is 2. The summed E-state index contributed by atoms with van der Waals surface area (Å²) in [6.07, 6.45) is 7.25. The van der Waals surface area contributed by atoms with E-state index < -0.39 is 5.82 Å². The summed E-state index contributed by atoms with van der Waals surface area (Å²) in [4.78, 5) is 18.4. The van der Waals surface area contributed by atoms with E-state index in [-0.39, 0.29) is 18.3 Å². The number of carbonyl (C=O) groups excluding carboxylic acids is 1. The van der Waals surface area contributed by atoms with E-state index in [1.807, 2.05) is 4.90 Å². The number of benzene rings is 1. The number of halogens is 2. The molecular weight excluding hydrogens is 357 g/mol. The molecule has 0 radical (unpaired) electrons. The van der Waals surface area contributed by atoms with Gasteiger partial charge in [-0.1, -0.05) is 0 Å². The summed E-state index contributed by atoms with van der Waals surface area (Å²) < 4.78 is 15.7. The van der Waals surface area contributed by atoms with Gasteiger partial charge in [-0.2, -0.15) is 5.10 Å². The largest absolute Gasteiger partial charge is 0.339 e. The molecule has 26 heavy (non-hydrogen) atoms. The third-order valence-corrected chi connectivity index (χ3v) is 5.64. The van der Waals surface area contributed by atoms with E-state index in [2.05, 4.69) is 15.4 Å². The molecule has 1 aromatic heterocycles. The lowest BCUT2D eigenvalue weighted by atomic mass is 9.71. The van der Waals surface area contributed by atoms with Gasteiger partial charge in [0.15, 0.2) is 0 Å². The van der Waals surface area contributed by atoms with Crippen molar-refractivity contribution in [3.8, 4) is 5.69 Å². The van der Waals surface area contributed by atoms with Gasteiger partial charge in [-0.25, -0.2) is 14.1 Å². The van der Waals surface area contributed by atoms with E-state index in [0.717, 1.165) is 39.0 Å². The number of likely N-dealkylation sites (tertiary alicyclic amines) is 1. The third-order valence-electron chi connectivity index (χ3n) is 5.64. The van der Waals surface area contributed by atoms with Gasteiger partial charge in [-0.15, -0.1) is 12.4 Å². The van der Waals surface area contributed by atoms with Crippen LogP contribution in [-0.4, -0.2) is 51.8 Å². The zero-order valence-electron chi connectivity index (χ0n) is 14.5. The second-order valence-corrected chi connectivity index (χ2v) is 7.05. The standard InChI is InChI=1S/C18H22FN5O.ClH/c19-15-11-14(1-2-16(15)24-13-21-12-22-24)17(25)23-9-5-18(6-10-23)3-7-20-8-4-18;/h1-2,11-13,20H,3-10H2;1H. The first-order chi connectivity index (χ1) is 12.2. The van der Waals surface area contributed by atoms with Gasteiger partial charge < -0.3 is 10.2 Å². The van der Waals surface area contributed by atoms with Crippen LogP contribution in [0.4, 0.5) is 4.39 Å². The highest BCUT2D eigenvalue weighted by Gasteiger charge is 2.36. The molecule has 1 spiro atoms. The molecule has 2 saturated heterocycles. The molecule has 140 valence electrons. The third kappa shape index (κ3) is 3.59. The molecule has 3 heterocycles. The first-order valence-corrected chi connectivity index (χ1v) is 8.81. The van der Waals surface area contributed by atoms with Crippen molar-refractivity contribution < 1.29 is 9.18 Å². The normalized spacial score (nSPS) is 19.2. The van der Waals surface area contributed by atoms with E-state index in [1.165, 1.54) is 36.2 Å². The summed E-state index contributed by atoms with van der Waals surface area (Å²) in [5.74, 6) is -0.559. The van der Waals surface area contributed by atoms with Gasteiger partial charge in [0, 0.05) is 18.7 Å². The van der Waals surface area contributed by atoms with Crippen molar-refractivity contribution in [3.63, 3.8) is 0 Å². The van der Waals surface area contributed by atoms with Gasteiger partial charge in [0.25, 0.3) is 5.91 Å². The van der Waals surface area contributed by atoms with E-state index in [1.54, 1.807) is 12.1 Å². The molecule has 2 aliphatic rings. The highest BCUT2D eigenvalue weighted by atomic mass is 35.5. The monoisotopic (exact) mass is 379 g/mol. The molecule has 0 atom stereocenters. The molecule has 0 bridgehead atoms. The van der Waals surface area contributed by atoms with Gasteiger partial charge >= 0.3 is 0 Å². The first kappa shape index (κ1) is 18.8. The maximum Gasteiger partial charge on any atom is 0.253 e. The fourth-order valence-electron chi connectivity index (χ4n) is 3.98. The lowest BCUT2D eigenvalue weighted by Crippen LogP contribution is -2.47. The Kier molecular flexibility index (Phi) is 5.58. The van der Waals surface area contributed by atoms with Gasteiger partial charge in [-0.05, 0) is 62.4 Å². The Morgan fingerprint density at radius 3 is 2.50 bits per heavy atom. The molecule has 4 rings (SSSR count). The van der Waals surface area contributed by atoms with Crippen LogP contribution in [0.3, 0.4) is 0 Å². The van der Waals surface area contributed by atoms with E-state index in [4.69, 9.17) is 0 Å². The number of nitrogens with one attached hydrogen (secondary N) is 1. The molecule has 8 heteroatoms. The zero-order valence-corrected chi connectivity index (χ0v) is 15.3. The zero-order chi connectivity index (χ0) is 17.3. The van der Waals surface area contributed by atoms with Crippen LogP contribution in [0.1, 0.15) is 36.0 Å². The van der Waals surface area contributed by atoms with Crippen LogP contribution in [0.5, 0.6) is 0 Å². The van der Waals surface area contributed by atoms with Crippen LogP contribution in [0.25, 0.3) is 5.69 Å². The summed E-state index contributed by atoms with van der Waals surface area (Å²) in [6, 6.07) is 4.54. The van der Waals surface area contributed by atoms with Crippen LogP contribution in [0.2, 0.25) is 0 Å². The Labute approximate surface area is 158 Å². The van der Waals surface area contributed by atoms with Gasteiger partial charge in [0.05, 0.1) is 0 Å². The average molecular weight is 380 g/mol. The molecular formula is C18H23ClFN5O. The van der Waals surface area contributed by atoms with Crippen molar-refractivity contribution in [2.24, 2.45) is 5.41 Å². The molecule has 0 unspecified atom stereocenters. The van der Waals surface area contributed by atoms with Crippen LogP contribution >= 0.6 is 12.4 Å². The summed E-state index contributed by atoms with van der Waals surface area (Å²) in [7, 11) is 0. The number of hydrogen-bond donors (Lipinski definition) is 1. The number of aromatic nitrogens is 3. The smallest absolute Gasteiger partial charge is 0.253 e. The van der Waals surface area contributed by atoms with Crippen molar-refractivity contribution in [3.05, 3.63) is 42.2 Å². The van der Waals surface area contributed by atoms with Gasteiger partial charge in [0.2, 0.25) is 0 Å². The molecule has 1 N–H and O–H groups in total. The predicted molar refractivity (Wildman–Crippen MR) is 98.2 cm³/mol. The number of nitrogens with zero attached hydrogens (tertiary/aromatic N) is 4. The highest BCUT2D eigenvalue weighted by molar-refractivity contribution is 5.94. The van der Waals surface area contributed by atoms with Crippen molar-refractivity contribution in [1.29, 1.82) is 0 Å². The maximum atomic E-state index is 14.4. The predicted octanol–water partition coefficient (Wildman–Crippen LogP) is 2.43. The quantitative estimate of drug-likeness (QED) is 0.870. The Balaban J connectivity index is 0.00000196. The Hall–Kier alpha value is -1.99. The Morgan fingerprint density at radius 1 is 1.15 bits per heavy atom.